The minimum atomic E-state index is 0.220. The Hall–Kier alpha value is 0.345. The zero-order chi connectivity index (χ0) is 6.73. The molecule has 0 aromatic carbocycles. The average molecular weight is 298 g/mol. The fourth-order valence-corrected chi connectivity index (χ4v) is 1.27. The van der Waals surface area contributed by atoms with Crippen LogP contribution in [0.1, 0.15) is 20.8 Å². The molecule has 0 aliphatic heterocycles. The van der Waals surface area contributed by atoms with Gasteiger partial charge in [-0.25, -0.2) is 0 Å². The molecule has 0 saturated heterocycles. The molecule has 0 heterocycles. The molecule has 0 aliphatic rings. The third-order valence-corrected chi connectivity index (χ3v) is 3.23. The molecule has 0 fully saturated rings. The molecule has 0 N–H and O–H groups in total. The van der Waals surface area contributed by atoms with Crippen LogP contribution in [0.15, 0.2) is 8.65 Å². The Labute approximate surface area is 66.1 Å². The van der Waals surface area contributed by atoms with Gasteiger partial charge >= 0.3 is 66.1 Å². The summed E-state index contributed by atoms with van der Waals surface area (Å²) in [5, 5.41) is 0. The van der Waals surface area contributed by atoms with Crippen LogP contribution in [0.3, 0.4) is 0 Å². The first-order valence-electron chi connectivity index (χ1n) is 2.56. The Morgan fingerprint density at radius 1 is 1.25 bits per heavy atom. The topological polar surface area (TPSA) is 17.1 Å². The Morgan fingerprint density at radius 2 is 1.62 bits per heavy atom. The predicted molar refractivity (Wildman–Crippen MR) is 29.1 cm³/mol. The van der Waals surface area contributed by atoms with Crippen molar-refractivity contribution in [2.24, 2.45) is 0 Å². The molecule has 0 aliphatic carbocycles. The van der Waals surface area contributed by atoms with E-state index in [1.807, 2.05) is 13.8 Å². The molecule has 0 bridgehead atoms. The molecule has 0 rings (SSSR count). The summed E-state index contributed by atoms with van der Waals surface area (Å²) in [7, 11) is 0. The summed E-state index contributed by atoms with van der Waals surface area (Å²) in [6.07, 6.45) is 0. The van der Waals surface area contributed by atoms with E-state index < -0.39 is 0 Å². The number of hydrogen-bond acceptors (Lipinski definition) is 1. The van der Waals surface area contributed by atoms with Gasteiger partial charge in [-0.2, -0.15) is 0 Å². The number of Topliss-reactive ketones (excluding diaryl/α,β-unsaturated/α-hetero) is 1. The first kappa shape index (κ1) is 8.35. The number of carbonyl (C=O) groups excluding carboxylic acids is 1. The van der Waals surface area contributed by atoms with E-state index in [0.717, 1.165) is 5.57 Å². The summed E-state index contributed by atoms with van der Waals surface area (Å²) in [5.74, 6) is 0.220. The number of hydrogen-bond donors (Lipinski definition) is 0. The molecule has 0 amide bonds. The van der Waals surface area contributed by atoms with E-state index in [1.165, 1.54) is 3.08 Å². The van der Waals surface area contributed by atoms with Gasteiger partial charge in [0.2, 0.25) is 0 Å². The fourth-order valence-electron chi connectivity index (χ4n) is 0.301. The summed E-state index contributed by atoms with van der Waals surface area (Å²) in [5.41, 5.74) is 0.966. The summed E-state index contributed by atoms with van der Waals surface area (Å²) in [6, 6.07) is 0. The van der Waals surface area contributed by atoms with Crippen LogP contribution in [0.2, 0.25) is 0 Å². The number of rotatable bonds is 1. The third kappa shape index (κ3) is 2.60. The van der Waals surface area contributed by atoms with Crippen molar-refractivity contribution in [1.82, 2.24) is 0 Å². The number of ketones is 1. The molecule has 0 aromatic rings. The van der Waals surface area contributed by atoms with Crippen molar-refractivity contribution >= 4 is 5.78 Å². The SMILES string of the molecule is CC(=O)/C(C)=[C](/C)[Hg]. The van der Waals surface area contributed by atoms with E-state index in [4.69, 9.17) is 0 Å². The van der Waals surface area contributed by atoms with Crippen LogP contribution in [-0.4, -0.2) is 5.78 Å². The summed E-state index contributed by atoms with van der Waals surface area (Å²) < 4.78 is 1.30. The quantitative estimate of drug-likeness (QED) is 0.528. The van der Waals surface area contributed by atoms with Crippen LogP contribution < -0.4 is 0 Å². The molecule has 0 spiro atoms. The second-order valence-corrected chi connectivity index (χ2v) is 6.08. The van der Waals surface area contributed by atoms with Crippen molar-refractivity contribution in [3.8, 4) is 0 Å². The first-order valence-corrected chi connectivity index (χ1v) is 5.31. The summed E-state index contributed by atoms with van der Waals surface area (Å²) >= 11 is 0.637. The van der Waals surface area contributed by atoms with Gasteiger partial charge in [-0.3, -0.25) is 0 Å². The second-order valence-electron chi connectivity index (χ2n) is 1.96. The van der Waals surface area contributed by atoms with Gasteiger partial charge < -0.3 is 0 Å². The van der Waals surface area contributed by atoms with Crippen molar-refractivity contribution in [1.29, 1.82) is 0 Å². The zero-order valence-electron chi connectivity index (χ0n) is 5.62. The summed E-state index contributed by atoms with van der Waals surface area (Å²) in [6.45, 7) is 5.54. The van der Waals surface area contributed by atoms with Crippen LogP contribution in [0.4, 0.5) is 0 Å². The van der Waals surface area contributed by atoms with Gasteiger partial charge in [0, 0.05) is 0 Å². The third-order valence-electron chi connectivity index (χ3n) is 1.17. The van der Waals surface area contributed by atoms with Gasteiger partial charge in [0.05, 0.1) is 0 Å². The van der Waals surface area contributed by atoms with Crippen molar-refractivity contribution < 1.29 is 30.9 Å². The van der Waals surface area contributed by atoms with Crippen LogP contribution in [-0.2, 0) is 30.9 Å². The Morgan fingerprint density at radius 3 is 1.62 bits per heavy atom. The molecule has 41 valence electrons. The van der Waals surface area contributed by atoms with Crippen LogP contribution in [0.5, 0.6) is 0 Å². The molecule has 0 unspecified atom stereocenters. The molecule has 1 nitrogen and oxygen atoms in total. The molecule has 0 aromatic heterocycles. The van der Waals surface area contributed by atoms with Crippen LogP contribution in [0.25, 0.3) is 0 Å². The predicted octanol–water partition coefficient (Wildman–Crippen LogP) is 1.42. The van der Waals surface area contributed by atoms with E-state index in [1.54, 1.807) is 6.92 Å². The van der Waals surface area contributed by atoms with E-state index in [2.05, 4.69) is 0 Å². The number of allylic oxidation sites excluding steroid dienone is 2. The van der Waals surface area contributed by atoms with Crippen molar-refractivity contribution in [3.63, 3.8) is 0 Å². The molecule has 8 heavy (non-hydrogen) atoms. The number of carbonyl (C=O) groups is 1. The van der Waals surface area contributed by atoms with Gasteiger partial charge in [0.15, 0.2) is 0 Å². The first-order chi connectivity index (χ1) is 3.55. The van der Waals surface area contributed by atoms with E-state index in [-0.39, 0.29) is 5.78 Å². The monoisotopic (exact) mass is 299 g/mol. The molecule has 0 atom stereocenters. The summed E-state index contributed by atoms with van der Waals surface area (Å²) in [4.78, 5) is 10.6. The van der Waals surface area contributed by atoms with E-state index in [9.17, 15) is 4.79 Å². The Balaban J connectivity index is 4.23. The standard InChI is InChI=1S/C6H9O.Hg/c1-4-5(2)6(3)7;/h1-3H3;. The molecular formula is C6H9HgO. The van der Waals surface area contributed by atoms with Crippen LogP contribution >= 0.6 is 0 Å². The molecular weight excluding hydrogens is 289 g/mol. The maximum absolute atomic E-state index is 10.6. The van der Waals surface area contributed by atoms with Gasteiger partial charge in [-0.15, -0.1) is 0 Å². The molecule has 0 radical (unpaired) electrons. The van der Waals surface area contributed by atoms with Gasteiger partial charge in [-0.1, -0.05) is 0 Å². The average Bonchev–Trinajstić information content (AvgIpc) is 1.64. The zero-order valence-corrected chi connectivity index (χ0v) is 11.1. The van der Waals surface area contributed by atoms with E-state index >= 15 is 0 Å². The van der Waals surface area contributed by atoms with Crippen molar-refractivity contribution in [2.75, 3.05) is 0 Å². The molecule has 0 saturated carbocycles. The maximum atomic E-state index is 10.6. The van der Waals surface area contributed by atoms with E-state index in [0.29, 0.717) is 26.1 Å². The second kappa shape index (κ2) is 3.39. The van der Waals surface area contributed by atoms with Gasteiger partial charge in [0.25, 0.3) is 0 Å². The molecule has 2 heteroatoms. The fraction of sp³-hybridized carbons (Fsp3) is 0.500. The van der Waals surface area contributed by atoms with Crippen molar-refractivity contribution in [2.45, 2.75) is 20.8 Å². The van der Waals surface area contributed by atoms with Crippen LogP contribution in [0, 0.1) is 0 Å². The normalized spacial score (nSPS) is 13.1. The van der Waals surface area contributed by atoms with Crippen molar-refractivity contribution in [3.05, 3.63) is 8.65 Å². The Kier molecular flexibility index (Phi) is 3.53. The Bertz CT molecular complexity index is 131. The van der Waals surface area contributed by atoms with Gasteiger partial charge in [-0.05, 0) is 0 Å². The van der Waals surface area contributed by atoms with Gasteiger partial charge in [0.1, 0.15) is 0 Å². The minimum absolute atomic E-state index is 0.220.